The molecule has 1 aliphatic carbocycles. The van der Waals surface area contributed by atoms with Crippen LogP contribution in [0.25, 0.3) is 0 Å². The molecule has 0 fully saturated rings. The second kappa shape index (κ2) is 16.4. The Morgan fingerprint density at radius 2 is 1.00 bits per heavy atom. The van der Waals surface area contributed by atoms with Gasteiger partial charge < -0.3 is 44.2 Å². The molecule has 12 N–H and O–H groups in total. The first-order valence-corrected chi connectivity index (χ1v) is 14.5. The van der Waals surface area contributed by atoms with E-state index in [2.05, 4.69) is 21.3 Å². The van der Waals surface area contributed by atoms with Gasteiger partial charge in [0.2, 0.25) is 23.6 Å². The van der Waals surface area contributed by atoms with Crippen LogP contribution in [0, 0.1) is 0 Å². The molecule has 0 saturated carbocycles. The third kappa shape index (κ3) is 8.76. The summed E-state index contributed by atoms with van der Waals surface area (Å²) in [4.78, 5) is 77.2. The predicted molar refractivity (Wildman–Crippen MR) is 165 cm³/mol. The zero-order valence-electron chi connectivity index (χ0n) is 24.4. The van der Waals surface area contributed by atoms with Crippen LogP contribution in [-0.4, -0.2) is 73.5 Å². The van der Waals surface area contributed by atoms with E-state index in [1.54, 1.807) is 12.1 Å². The molecule has 0 unspecified atom stereocenters. The van der Waals surface area contributed by atoms with Crippen LogP contribution in [-0.2, 0) is 19.2 Å². The lowest BCUT2D eigenvalue weighted by molar-refractivity contribution is -0.125. The average Bonchev–Trinajstić information content (AvgIpc) is 3.01. The van der Waals surface area contributed by atoms with Crippen molar-refractivity contribution < 1.29 is 28.8 Å². The van der Waals surface area contributed by atoms with Crippen molar-refractivity contribution in [3.63, 3.8) is 0 Å². The van der Waals surface area contributed by atoms with Gasteiger partial charge in [0.1, 0.15) is 0 Å². The molecule has 0 aromatic heterocycles. The van der Waals surface area contributed by atoms with E-state index in [1.807, 2.05) is 0 Å². The summed E-state index contributed by atoms with van der Waals surface area (Å²) in [6, 6.07) is 7.33. The largest absolute Gasteiger partial charge is 0.346 e. The number of unbranched alkanes of at least 4 members (excludes halogenated alkanes) is 2. The third-order valence-electron chi connectivity index (χ3n) is 7.08. The van der Waals surface area contributed by atoms with Gasteiger partial charge in [-0.2, -0.15) is 0 Å². The first-order chi connectivity index (χ1) is 21.1. The van der Waals surface area contributed by atoms with Crippen LogP contribution < -0.4 is 44.2 Å². The SMILES string of the molecule is NCCCC[C@H](N)C(=O)NCC(=O)Nc1ccc(NC(=O)CNC(=O)[C@@H](N)CCCCN)c2c1C(=O)c1ccccc1C2=O. The van der Waals surface area contributed by atoms with Gasteiger partial charge in [-0.3, -0.25) is 28.8 Å². The first-order valence-electron chi connectivity index (χ1n) is 14.5. The van der Waals surface area contributed by atoms with Crippen LogP contribution in [0.15, 0.2) is 36.4 Å². The van der Waals surface area contributed by atoms with Gasteiger partial charge in [-0.05, 0) is 50.9 Å². The van der Waals surface area contributed by atoms with Gasteiger partial charge in [0.15, 0.2) is 11.6 Å². The van der Waals surface area contributed by atoms with E-state index in [4.69, 9.17) is 22.9 Å². The normalized spacial score (nSPS) is 13.3. The monoisotopic (exact) mass is 608 g/mol. The van der Waals surface area contributed by atoms with Crippen LogP contribution in [0.4, 0.5) is 11.4 Å². The number of rotatable bonds is 16. The van der Waals surface area contributed by atoms with Gasteiger partial charge in [-0.25, -0.2) is 0 Å². The van der Waals surface area contributed by atoms with E-state index in [0.717, 1.165) is 12.8 Å². The van der Waals surface area contributed by atoms with Crippen LogP contribution >= 0.6 is 0 Å². The number of amides is 4. The molecule has 4 amide bonds. The van der Waals surface area contributed by atoms with E-state index in [9.17, 15) is 28.8 Å². The van der Waals surface area contributed by atoms with Crippen molar-refractivity contribution in [1.29, 1.82) is 0 Å². The minimum Gasteiger partial charge on any atom is -0.346 e. The summed E-state index contributed by atoms with van der Waals surface area (Å²) in [5.41, 5.74) is 22.7. The highest BCUT2D eigenvalue weighted by Crippen LogP contribution is 2.36. The summed E-state index contributed by atoms with van der Waals surface area (Å²) in [7, 11) is 0. The average molecular weight is 609 g/mol. The Morgan fingerprint density at radius 3 is 1.36 bits per heavy atom. The molecule has 0 radical (unpaired) electrons. The second-order valence-electron chi connectivity index (χ2n) is 10.4. The van der Waals surface area contributed by atoms with Gasteiger partial charge >= 0.3 is 0 Å². The number of carbonyl (C=O) groups is 6. The summed E-state index contributed by atoms with van der Waals surface area (Å²) >= 11 is 0. The van der Waals surface area contributed by atoms with Crippen molar-refractivity contribution in [2.24, 2.45) is 22.9 Å². The molecule has 2 aromatic rings. The molecule has 14 heteroatoms. The minimum atomic E-state index is -0.808. The quantitative estimate of drug-likeness (QED) is 0.0966. The smallest absolute Gasteiger partial charge is 0.243 e. The second-order valence-corrected chi connectivity index (χ2v) is 10.4. The Kier molecular flexibility index (Phi) is 12.7. The lowest BCUT2D eigenvalue weighted by atomic mass is 9.82. The fraction of sp³-hybridized carbons (Fsp3) is 0.400. The maximum Gasteiger partial charge on any atom is 0.243 e. The van der Waals surface area contributed by atoms with E-state index in [1.165, 1.54) is 24.3 Å². The molecule has 2 aromatic carbocycles. The molecule has 236 valence electrons. The molecule has 3 rings (SSSR count). The van der Waals surface area contributed by atoms with Gasteiger partial charge in [0.25, 0.3) is 0 Å². The fourth-order valence-electron chi connectivity index (χ4n) is 4.70. The molecule has 0 aliphatic heterocycles. The summed E-state index contributed by atoms with van der Waals surface area (Å²) in [6.07, 6.45) is 3.59. The first kappa shape index (κ1) is 34.0. The van der Waals surface area contributed by atoms with Crippen LogP contribution in [0.5, 0.6) is 0 Å². The lowest BCUT2D eigenvalue weighted by Gasteiger charge is -2.23. The summed E-state index contributed by atoms with van der Waals surface area (Å²) in [6.45, 7) is 0.111. The van der Waals surface area contributed by atoms with Crippen molar-refractivity contribution >= 4 is 46.6 Å². The van der Waals surface area contributed by atoms with Crippen molar-refractivity contribution in [2.45, 2.75) is 50.6 Å². The van der Waals surface area contributed by atoms with Crippen molar-refractivity contribution in [3.05, 3.63) is 58.7 Å². The Labute approximate surface area is 255 Å². The van der Waals surface area contributed by atoms with E-state index in [0.29, 0.717) is 38.8 Å². The zero-order chi connectivity index (χ0) is 32.2. The number of ketones is 2. The molecule has 44 heavy (non-hydrogen) atoms. The Hall–Kier alpha value is -4.50. The number of anilines is 2. The van der Waals surface area contributed by atoms with Crippen LogP contribution in [0.2, 0.25) is 0 Å². The number of fused-ring (bicyclic) bond motifs is 2. The number of nitrogens with one attached hydrogen (secondary N) is 4. The Morgan fingerprint density at radius 1 is 0.614 bits per heavy atom. The molecule has 0 saturated heterocycles. The molecular formula is C30H40N8O6. The summed E-state index contributed by atoms with van der Waals surface area (Å²) in [5, 5.41) is 10.1. The predicted octanol–water partition coefficient (Wildman–Crippen LogP) is -0.516. The molecular weight excluding hydrogens is 568 g/mol. The Balaban J connectivity index is 1.77. The van der Waals surface area contributed by atoms with Gasteiger partial charge in [0, 0.05) is 11.1 Å². The molecule has 0 heterocycles. The number of carbonyl (C=O) groups excluding carboxylic acids is 6. The third-order valence-corrected chi connectivity index (χ3v) is 7.08. The van der Waals surface area contributed by atoms with Crippen molar-refractivity contribution in [2.75, 3.05) is 36.8 Å². The molecule has 0 bridgehead atoms. The number of nitrogens with two attached hydrogens (primary N) is 4. The fourth-order valence-corrected chi connectivity index (χ4v) is 4.70. The lowest BCUT2D eigenvalue weighted by Crippen LogP contribution is -2.44. The highest BCUT2D eigenvalue weighted by Gasteiger charge is 2.34. The van der Waals surface area contributed by atoms with E-state index >= 15 is 0 Å². The molecule has 0 spiro atoms. The number of hydrogen-bond donors (Lipinski definition) is 8. The van der Waals surface area contributed by atoms with Gasteiger partial charge in [-0.1, -0.05) is 37.1 Å². The van der Waals surface area contributed by atoms with Crippen LogP contribution in [0.1, 0.15) is 70.4 Å². The standard InChI is InChI=1S/C30H40N8O6/c31-13-5-3-9-19(33)29(43)35-15-23(39)37-21-11-12-22(38-24(40)16-36-30(44)20(34)10-4-6-14-32)26-25(21)27(41)17-7-1-2-8-18(17)28(26)42/h1-2,7-8,11-12,19-20H,3-6,9-10,13-16,31-34H2,(H,35,43)(H,36,44)(H,37,39)(H,38,40)/t19-,20-/m0/s1. The highest BCUT2D eigenvalue weighted by molar-refractivity contribution is 6.32. The minimum absolute atomic E-state index is 0.0223. The molecule has 2 atom stereocenters. The Bertz CT molecular complexity index is 1310. The van der Waals surface area contributed by atoms with Crippen molar-refractivity contribution in [3.8, 4) is 0 Å². The summed E-state index contributed by atoms with van der Waals surface area (Å²) in [5.74, 6) is -3.41. The van der Waals surface area contributed by atoms with Crippen LogP contribution in [0.3, 0.4) is 0 Å². The van der Waals surface area contributed by atoms with Gasteiger partial charge in [-0.15, -0.1) is 0 Å². The summed E-state index contributed by atoms with van der Waals surface area (Å²) < 4.78 is 0. The number of benzene rings is 2. The van der Waals surface area contributed by atoms with E-state index < -0.39 is 60.4 Å². The topological polar surface area (TPSA) is 255 Å². The van der Waals surface area contributed by atoms with E-state index in [-0.39, 0.29) is 33.6 Å². The van der Waals surface area contributed by atoms with Gasteiger partial charge in [0.05, 0.1) is 47.7 Å². The zero-order valence-corrected chi connectivity index (χ0v) is 24.4. The maximum absolute atomic E-state index is 13.6. The molecule has 14 nitrogen and oxygen atoms in total. The molecule has 1 aliphatic rings. The number of hydrogen-bond acceptors (Lipinski definition) is 10. The van der Waals surface area contributed by atoms with Crippen molar-refractivity contribution in [1.82, 2.24) is 10.6 Å². The highest BCUT2D eigenvalue weighted by atomic mass is 16.2. The maximum atomic E-state index is 13.6.